The fraction of sp³-hybridized carbons (Fsp3) is 0.320. The van der Waals surface area contributed by atoms with Crippen molar-refractivity contribution in [1.82, 2.24) is 9.80 Å². The minimum Gasteiger partial charge on any atom is -0.360 e. The lowest BCUT2D eigenvalue weighted by Gasteiger charge is -2.48. The van der Waals surface area contributed by atoms with E-state index >= 15 is 0 Å². The molecule has 2 aromatic rings. The predicted molar refractivity (Wildman–Crippen MR) is 127 cm³/mol. The van der Waals surface area contributed by atoms with E-state index in [1.165, 1.54) is 0 Å². The molecule has 1 aliphatic heterocycles. The van der Waals surface area contributed by atoms with E-state index < -0.39 is 0 Å². The van der Waals surface area contributed by atoms with Crippen molar-refractivity contribution < 1.29 is 4.79 Å². The van der Waals surface area contributed by atoms with Crippen LogP contribution < -0.4 is 5.84 Å². The lowest BCUT2D eigenvalue weighted by molar-refractivity contribution is 0.0370. The Balaban J connectivity index is 1.67. The van der Waals surface area contributed by atoms with E-state index in [1.54, 1.807) is 6.21 Å². The third-order valence-corrected chi connectivity index (χ3v) is 5.54. The molecule has 0 radical (unpaired) electrons. The number of aliphatic imine (C=N–C) groups is 1. The monoisotopic (exact) mass is 417 g/mol. The first-order chi connectivity index (χ1) is 14.8. The van der Waals surface area contributed by atoms with Gasteiger partial charge < -0.3 is 15.6 Å². The zero-order valence-electron chi connectivity index (χ0n) is 18.6. The summed E-state index contributed by atoms with van der Waals surface area (Å²) >= 11 is 0. The maximum atomic E-state index is 13.0. The van der Waals surface area contributed by atoms with Crippen LogP contribution in [0.2, 0.25) is 0 Å². The number of benzene rings is 2. The molecule has 0 aliphatic carbocycles. The van der Waals surface area contributed by atoms with Crippen LogP contribution in [0, 0.1) is 6.92 Å². The summed E-state index contributed by atoms with van der Waals surface area (Å²) in [7, 11) is 0. The van der Waals surface area contributed by atoms with E-state index in [9.17, 15) is 4.79 Å². The van der Waals surface area contributed by atoms with Gasteiger partial charge in [0, 0.05) is 37.8 Å². The van der Waals surface area contributed by atoms with Gasteiger partial charge in [-0.3, -0.25) is 4.79 Å². The molecule has 0 saturated carbocycles. The molecule has 3 rings (SSSR count). The molecule has 0 unspecified atom stereocenters. The Labute approximate surface area is 184 Å². The van der Waals surface area contributed by atoms with Crippen molar-refractivity contribution in [3.8, 4) is 0 Å². The van der Waals surface area contributed by atoms with Crippen LogP contribution in [-0.4, -0.2) is 52.9 Å². The molecular formula is C25H31N5O. The standard InChI is InChI=1S/C25H31N5O/c1-19-9-8-12-22(17-19)24(31)29-15-16-30(25(3,4)18-29)20(2)23(28-26)27-14-13-21-10-6-5-7-11-21/h5-12,14,17H,2,13,15-16,18,26H2,1,3-4H3/b27-14?,28-23-. The van der Waals surface area contributed by atoms with Crippen molar-refractivity contribution in [1.29, 1.82) is 0 Å². The number of hydrazone groups is 1. The van der Waals surface area contributed by atoms with Gasteiger partial charge in [-0.15, -0.1) is 0 Å². The van der Waals surface area contributed by atoms with Gasteiger partial charge in [-0.2, -0.15) is 5.10 Å². The van der Waals surface area contributed by atoms with Crippen LogP contribution >= 0.6 is 0 Å². The average Bonchev–Trinajstić information content (AvgIpc) is 2.76. The van der Waals surface area contributed by atoms with E-state index in [1.807, 2.05) is 66.4 Å². The summed E-state index contributed by atoms with van der Waals surface area (Å²) in [5, 5.41) is 3.87. The van der Waals surface area contributed by atoms with Gasteiger partial charge in [0.15, 0.2) is 5.84 Å². The number of hydrogen-bond donors (Lipinski definition) is 1. The van der Waals surface area contributed by atoms with Crippen molar-refractivity contribution in [2.45, 2.75) is 32.7 Å². The van der Waals surface area contributed by atoms with E-state index in [0.717, 1.165) is 16.7 Å². The average molecular weight is 418 g/mol. The number of rotatable bonds is 5. The second-order valence-corrected chi connectivity index (χ2v) is 8.46. The van der Waals surface area contributed by atoms with Crippen molar-refractivity contribution >= 4 is 18.0 Å². The van der Waals surface area contributed by atoms with Gasteiger partial charge in [0.2, 0.25) is 0 Å². The lowest BCUT2D eigenvalue weighted by atomic mass is 9.97. The minimum atomic E-state index is -0.334. The first kappa shape index (κ1) is 22.3. The van der Waals surface area contributed by atoms with Gasteiger partial charge in [-0.25, -0.2) is 4.99 Å². The summed E-state index contributed by atoms with van der Waals surface area (Å²) < 4.78 is 0. The Morgan fingerprint density at radius 3 is 2.55 bits per heavy atom. The molecule has 2 N–H and O–H groups in total. The highest BCUT2D eigenvalue weighted by molar-refractivity contribution is 6.02. The predicted octanol–water partition coefficient (Wildman–Crippen LogP) is 3.63. The largest absolute Gasteiger partial charge is 0.360 e. The molecule has 31 heavy (non-hydrogen) atoms. The Hall–Kier alpha value is -3.41. The van der Waals surface area contributed by atoms with Crippen LogP contribution in [0.5, 0.6) is 0 Å². The Kier molecular flexibility index (Phi) is 6.90. The molecule has 0 spiro atoms. The summed E-state index contributed by atoms with van der Waals surface area (Å²) in [6.07, 6.45) is 2.49. The summed E-state index contributed by atoms with van der Waals surface area (Å²) in [4.78, 5) is 21.5. The number of carbonyl (C=O) groups excluding carboxylic acids is 1. The smallest absolute Gasteiger partial charge is 0.254 e. The fourth-order valence-electron chi connectivity index (χ4n) is 3.94. The van der Waals surface area contributed by atoms with Crippen LogP contribution in [-0.2, 0) is 6.42 Å². The maximum absolute atomic E-state index is 13.0. The number of amidine groups is 1. The van der Waals surface area contributed by atoms with Crippen LogP contribution in [0.1, 0.15) is 35.3 Å². The fourth-order valence-corrected chi connectivity index (χ4v) is 3.94. The molecule has 2 aromatic carbocycles. The SMILES string of the molecule is C=C(/C(N=CCc1ccccc1)=N/N)N1CCN(C(=O)c2cccc(C)c2)CC1(C)C. The molecule has 1 fully saturated rings. The Bertz CT molecular complexity index is 994. The number of amides is 1. The molecular weight excluding hydrogens is 386 g/mol. The first-order valence-corrected chi connectivity index (χ1v) is 10.5. The van der Waals surface area contributed by atoms with E-state index in [2.05, 4.69) is 35.4 Å². The quantitative estimate of drug-likeness (QED) is 0.349. The van der Waals surface area contributed by atoms with Crippen molar-refractivity contribution in [2.24, 2.45) is 15.9 Å². The van der Waals surface area contributed by atoms with Gasteiger partial charge in [0.1, 0.15) is 0 Å². The van der Waals surface area contributed by atoms with Gasteiger partial charge in [0.05, 0.1) is 11.2 Å². The van der Waals surface area contributed by atoms with Gasteiger partial charge in [-0.05, 0) is 38.5 Å². The number of hydrogen-bond acceptors (Lipinski definition) is 4. The lowest BCUT2D eigenvalue weighted by Crippen LogP contribution is -2.60. The summed E-state index contributed by atoms with van der Waals surface area (Å²) in [6.45, 7) is 12.2. The van der Waals surface area contributed by atoms with Crippen molar-refractivity contribution in [3.63, 3.8) is 0 Å². The topological polar surface area (TPSA) is 74.3 Å². The van der Waals surface area contributed by atoms with Crippen molar-refractivity contribution in [3.05, 3.63) is 83.6 Å². The first-order valence-electron chi connectivity index (χ1n) is 10.5. The van der Waals surface area contributed by atoms with Crippen LogP contribution in [0.25, 0.3) is 0 Å². The van der Waals surface area contributed by atoms with Crippen LogP contribution in [0.15, 0.2) is 77.0 Å². The highest BCUT2D eigenvalue weighted by Gasteiger charge is 2.37. The molecule has 6 nitrogen and oxygen atoms in total. The second kappa shape index (κ2) is 9.60. The maximum Gasteiger partial charge on any atom is 0.254 e. The van der Waals surface area contributed by atoms with E-state index in [0.29, 0.717) is 37.6 Å². The number of nitrogens with zero attached hydrogens (tertiary/aromatic N) is 4. The Morgan fingerprint density at radius 1 is 1.16 bits per heavy atom. The van der Waals surface area contributed by atoms with Gasteiger partial charge in [0.25, 0.3) is 5.91 Å². The molecule has 1 heterocycles. The molecule has 0 aromatic heterocycles. The molecule has 0 atom stereocenters. The third kappa shape index (κ3) is 5.40. The summed E-state index contributed by atoms with van der Waals surface area (Å²) in [5.41, 5.74) is 3.29. The summed E-state index contributed by atoms with van der Waals surface area (Å²) in [6, 6.07) is 17.8. The van der Waals surface area contributed by atoms with E-state index in [-0.39, 0.29) is 11.4 Å². The molecule has 6 heteroatoms. The molecule has 1 amide bonds. The third-order valence-electron chi connectivity index (χ3n) is 5.54. The minimum absolute atomic E-state index is 0.0515. The number of carbonyl (C=O) groups is 1. The highest BCUT2D eigenvalue weighted by atomic mass is 16.2. The van der Waals surface area contributed by atoms with Crippen LogP contribution in [0.4, 0.5) is 0 Å². The van der Waals surface area contributed by atoms with Crippen molar-refractivity contribution in [2.75, 3.05) is 19.6 Å². The zero-order valence-corrected chi connectivity index (χ0v) is 18.6. The molecule has 1 saturated heterocycles. The normalized spacial score (nSPS) is 16.5. The number of aryl methyl sites for hydroxylation is 1. The molecule has 162 valence electrons. The van der Waals surface area contributed by atoms with Gasteiger partial charge >= 0.3 is 0 Å². The van der Waals surface area contributed by atoms with Gasteiger partial charge in [-0.1, -0.05) is 54.6 Å². The van der Waals surface area contributed by atoms with Crippen LogP contribution in [0.3, 0.4) is 0 Å². The summed E-state index contributed by atoms with van der Waals surface area (Å²) in [5.74, 6) is 6.09. The molecule has 0 bridgehead atoms. The second-order valence-electron chi connectivity index (χ2n) is 8.46. The zero-order chi connectivity index (χ0) is 22.4. The highest BCUT2D eigenvalue weighted by Crippen LogP contribution is 2.26. The molecule has 1 aliphatic rings. The Morgan fingerprint density at radius 2 is 1.90 bits per heavy atom. The number of piperazine rings is 1. The van der Waals surface area contributed by atoms with E-state index in [4.69, 9.17) is 5.84 Å². The number of nitrogens with two attached hydrogens (primary N) is 1.